The van der Waals surface area contributed by atoms with Crippen LogP contribution in [0.15, 0.2) is 47.6 Å². The molecule has 0 aromatic carbocycles. The van der Waals surface area contributed by atoms with Gasteiger partial charge in [0.1, 0.15) is 30.1 Å². The molecule has 3 fully saturated rings. The molecule has 18 heteroatoms. The molecule has 0 radical (unpaired) electrons. The Morgan fingerprint density at radius 2 is 1.35 bits per heavy atom. The average Bonchev–Trinajstić information content (AvgIpc) is 2.42. The normalized spacial score (nSPS) is 32.6. The Balaban J connectivity index is 1.74. The van der Waals surface area contributed by atoms with Gasteiger partial charge in [-0.15, -0.1) is 0 Å². The first-order chi connectivity index (χ1) is 39.6. The van der Waals surface area contributed by atoms with Crippen LogP contribution in [-0.2, 0) is 66.0 Å². The number of methoxy groups -OCH3 is 3. The lowest BCUT2D eigenvalue weighted by Crippen LogP contribution is -2.61. The molecule has 0 spiro atoms. The Hall–Kier alpha value is -3.02. The van der Waals surface area contributed by atoms with Gasteiger partial charge in [0.15, 0.2) is 22.4 Å². The van der Waals surface area contributed by atoms with Crippen LogP contribution in [-0.4, -0.2) is 165 Å². The lowest BCUT2D eigenvalue weighted by Gasteiger charge is -2.42. The standard InChI is InChI=1S/C67H115NO15Si2/c1-44-26-22-21-23-27-45(2)56(75-14)42-52-31-29-50(7)67(74,83-52)62(71)63(72)68-33-25-24-28-53(68)64(73)82-57(47(4)40-51-30-32-55(58(41-51)76-15)78-34-36-80-84(17,18)65(8,9)10)43-54(69)46(3)39-49(6)60(61(77-16)59(70)48(5)38-44)79-35-37-81-85(19,20)66(11,12)13/h21-23,26-27,39,44,46-48,50-53,55-58,60-61,74H,24-25,28-38,40-43H2,1-20H3/t44-,46-,47-,48-,50-,51+,52?,53+,55-,56+,57?,58-,60-,61+,67?/m1/s1. The van der Waals surface area contributed by atoms with Gasteiger partial charge in [-0.25, -0.2) is 4.79 Å². The van der Waals surface area contributed by atoms with Gasteiger partial charge in [-0.05, 0) is 143 Å². The number of cyclic esters (lactones) is 1. The number of carbonyl (C=O) groups is 5. The van der Waals surface area contributed by atoms with Crippen LogP contribution in [0.3, 0.4) is 0 Å². The third kappa shape index (κ3) is 21.0. The van der Waals surface area contributed by atoms with E-state index < -0.39 is 94.4 Å². The monoisotopic (exact) mass is 1230 g/mol. The first kappa shape index (κ1) is 74.4. The molecule has 4 rings (SSSR count). The minimum atomic E-state index is -2.44. The number of allylic oxidation sites excluding steroid dienone is 6. The Morgan fingerprint density at radius 1 is 0.718 bits per heavy atom. The highest BCUT2D eigenvalue weighted by Gasteiger charge is 2.53. The van der Waals surface area contributed by atoms with Gasteiger partial charge in [0, 0.05) is 58.5 Å². The first-order valence-electron chi connectivity index (χ1n) is 31.9. The Bertz CT molecular complexity index is 2300. The average molecular weight is 1230 g/mol. The van der Waals surface area contributed by atoms with Gasteiger partial charge in [-0.2, -0.15) is 0 Å². The molecule has 2 saturated heterocycles. The topological polar surface area (TPSA) is 192 Å². The summed E-state index contributed by atoms with van der Waals surface area (Å²) in [6, 6.07) is -1.14. The highest BCUT2D eigenvalue weighted by molar-refractivity contribution is 6.74. The zero-order chi connectivity index (χ0) is 63.8. The van der Waals surface area contributed by atoms with E-state index in [1.807, 2.05) is 58.1 Å². The van der Waals surface area contributed by atoms with Crippen LogP contribution >= 0.6 is 0 Å². The van der Waals surface area contributed by atoms with Gasteiger partial charge in [0.25, 0.3) is 11.7 Å². The number of nitrogens with zero attached hydrogens (tertiary/aromatic N) is 1. The Labute approximate surface area is 514 Å². The number of hydrogen-bond acceptors (Lipinski definition) is 15. The molecular formula is C67H115NO15Si2. The number of esters is 1. The number of amides is 1. The molecule has 4 aliphatic rings. The minimum Gasteiger partial charge on any atom is -0.460 e. The molecule has 1 amide bonds. The second-order valence-corrected chi connectivity index (χ2v) is 38.1. The van der Waals surface area contributed by atoms with Crippen LogP contribution in [0.5, 0.6) is 0 Å². The molecule has 0 aromatic heterocycles. The number of aliphatic hydroxyl groups is 1. The predicted octanol–water partition coefficient (Wildman–Crippen LogP) is 12.3. The lowest BCUT2D eigenvalue weighted by atomic mass is 9.78. The summed E-state index contributed by atoms with van der Waals surface area (Å²) in [4.78, 5) is 74.6. The Kier molecular flexibility index (Phi) is 29.0. The Morgan fingerprint density at radius 3 is 1.95 bits per heavy atom. The van der Waals surface area contributed by atoms with Crippen molar-refractivity contribution in [1.82, 2.24) is 4.90 Å². The molecule has 1 N–H and O–H groups in total. The molecular weight excluding hydrogens is 1110 g/mol. The number of ketones is 3. The van der Waals surface area contributed by atoms with Crippen molar-refractivity contribution in [2.75, 3.05) is 54.3 Å². The van der Waals surface area contributed by atoms with Gasteiger partial charge in [-0.3, -0.25) is 19.2 Å². The molecule has 2 bridgehead atoms. The lowest BCUT2D eigenvalue weighted by molar-refractivity contribution is -0.265. The van der Waals surface area contributed by atoms with Crippen molar-refractivity contribution in [2.24, 2.45) is 35.5 Å². The molecule has 85 heavy (non-hydrogen) atoms. The summed E-state index contributed by atoms with van der Waals surface area (Å²) < 4.78 is 56.8. The van der Waals surface area contributed by atoms with Crippen molar-refractivity contribution in [2.45, 2.75) is 258 Å². The van der Waals surface area contributed by atoms with E-state index >= 15 is 0 Å². The summed E-state index contributed by atoms with van der Waals surface area (Å²) in [6.45, 7) is 36.9. The second kappa shape index (κ2) is 33.2. The number of Topliss-reactive ketones (excluding diaryl/α,β-unsaturated/α-hetero) is 3. The zero-order valence-electron chi connectivity index (χ0n) is 56.2. The fourth-order valence-electron chi connectivity index (χ4n) is 11.9. The molecule has 16 nitrogen and oxygen atoms in total. The molecule has 1 saturated carbocycles. The highest BCUT2D eigenvalue weighted by Crippen LogP contribution is 2.40. The van der Waals surface area contributed by atoms with E-state index in [-0.39, 0.29) is 77.6 Å². The maximum atomic E-state index is 14.9. The summed E-state index contributed by atoms with van der Waals surface area (Å²) in [5.41, 5.74) is 1.54. The summed E-state index contributed by atoms with van der Waals surface area (Å²) in [7, 11) is 0.731. The zero-order valence-corrected chi connectivity index (χ0v) is 58.2. The smallest absolute Gasteiger partial charge is 0.329 e. The first-order valence-corrected chi connectivity index (χ1v) is 37.8. The van der Waals surface area contributed by atoms with Gasteiger partial charge < -0.3 is 52.0 Å². The maximum Gasteiger partial charge on any atom is 0.329 e. The number of fused-ring (bicyclic) bond motifs is 3. The van der Waals surface area contributed by atoms with E-state index in [0.717, 1.165) is 18.4 Å². The van der Waals surface area contributed by atoms with Crippen molar-refractivity contribution in [3.8, 4) is 0 Å². The van der Waals surface area contributed by atoms with E-state index in [2.05, 4.69) is 80.7 Å². The number of carbonyl (C=O) groups excluding carboxylic acids is 5. The van der Waals surface area contributed by atoms with E-state index in [1.165, 1.54) is 12.0 Å². The number of piperidine rings is 1. The maximum absolute atomic E-state index is 14.9. The van der Waals surface area contributed by atoms with Crippen molar-refractivity contribution in [3.63, 3.8) is 0 Å². The molecule has 0 aromatic rings. The van der Waals surface area contributed by atoms with Crippen molar-refractivity contribution < 1.29 is 71.1 Å². The summed E-state index contributed by atoms with van der Waals surface area (Å²) in [6.07, 6.45) is 13.5. The third-order valence-electron chi connectivity index (χ3n) is 19.8. The van der Waals surface area contributed by atoms with E-state index in [9.17, 15) is 29.1 Å². The van der Waals surface area contributed by atoms with Crippen LogP contribution in [0, 0.1) is 35.5 Å². The number of ether oxygens (including phenoxy) is 7. The fraction of sp³-hybridized carbons (Fsp3) is 0.806. The second-order valence-electron chi connectivity index (χ2n) is 28.5. The molecule has 1 aliphatic carbocycles. The van der Waals surface area contributed by atoms with Crippen LogP contribution in [0.4, 0.5) is 0 Å². The molecule has 3 heterocycles. The highest BCUT2D eigenvalue weighted by atomic mass is 28.4. The largest absolute Gasteiger partial charge is 0.460 e. The minimum absolute atomic E-state index is 0.0252. The van der Waals surface area contributed by atoms with Gasteiger partial charge in [0.05, 0.1) is 50.8 Å². The predicted molar refractivity (Wildman–Crippen MR) is 339 cm³/mol. The number of hydrogen-bond donors (Lipinski definition) is 1. The van der Waals surface area contributed by atoms with Crippen molar-refractivity contribution >= 4 is 45.9 Å². The molecule has 15 atom stereocenters. The molecule has 3 unspecified atom stereocenters. The van der Waals surface area contributed by atoms with Crippen molar-refractivity contribution in [3.05, 3.63) is 47.6 Å². The fourth-order valence-corrected chi connectivity index (χ4v) is 13.9. The van der Waals surface area contributed by atoms with Gasteiger partial charge in [-0.1, -0.05) is 113 Å². The quantitative estimate of drug-likeness (QED) is 0.0504. The van der Waals surface area contributed by atoms with E-state index in [4.69, 9.17) is 42.0 Å². The summed E-state index contributed by atoms with van der Waals surface area (Å²) in [5, 5.41) is 12.2. The van der Waals surface area contributed by atoms with E-state index in [0.29, 0.717) is 76.8 Å². The number of rotatable bonds is 16. The van der Waals surface area contributed by atoms with Crippen LogP contribution in [0.1, 0.15) is 167 Å². The van der Waals surface area contributed by atoms with Crippen LogP contribution in [0.2, 0.25) is 36.3 Å². The van der Waals surface area contributed by atoms with Gasteiger partial charge in [0.2, 0.25) is 5.79 Å². The van der Waals surface area contributed by atoms with Gasteiger partial charge >= 0.3 is 5.97 Å². The summed E-state index contributed by atoms with van der Waals surface area (Å²) in [5.74, 6) is -7.58. The molecule has 486 valence electrons. The van der Waals surface area contributed by atoms with E-state index in [1.54, 1.807) is 28.1 Å². The SMILES string of the molecule is CO[C@H]1CC2CC[C@@H](C)C(O)(O2)C(=O)C(=O)N2CCCC[C@H]2C(=O)OC([C@H](C)C[C@@H]2CC[C@@H](OCCO[Si](C)(C)C(C)(C)C)[C@H](OC)C2)CC(=O)[C@H](C)C=C(C)[C@@H](OCCO[Si](C)(C)C(C)(C)C)[C@@H](OC)C(=O)[C@H](C)C[C@H](C)C=CC=CC=C1C. The van der Waals surface area contributed by atoms with Crippen molar-refractivity contribution in [1.29, 1.82) is 0 Å². The third-order valence-corrected chi connectivity index (χ3v) is 28.8. The molecule has 3 aliphatic heterocycles. The van der Waals surface area contributed by atoms with Crippen LogP contribution < -0.4 is 0 Å². The summed E-state index contributed by atoms with van der Waals surface area (Å²) >= 11 is 0. The van der Waals surface area contributed by atoms with Crippen LogP contribution in [0.25, 0.3) is 0 Å².